The number of carbonyl (C=O) groups is 3. The van der Waals surface area contributed by atoms with Gasteiger partial charge in [0, 0.05) is 24.6 Å². The lowest BCUT2D eigenvalue weighted by Gasteiger charge is -2.36. The fourth-order valence-corrected chi connectivity index (χ4v) is 4.84. The van der Waals surface area contributed by atoms with E-state index in [4.69, 9.17) is 4.74 Å². The molecule has 0 unspecified atom stereocenters. The fourth-order valence-electron chi connectivity index (χ4n) is 4.84. The molecule has 3 aliphatic rings. The van der Waals surface area contributed by atoms with Gasteiger partial charge >= 0.3 is 0 Å². The molecule has 11 heteroatoms. The average Bonchev–Trinajstić information content (AvgIpc) is 3.22. The summed E-state index contributed by atoms with van der Waals surface area (Å²) in [6, 6.07) is 5.97. The Morgan fingerprint density at radius 1 is 1.09 bits per heavy atom. The van der Waals surface area contributed by atoms with Crippen LogP contribution in [0.15, 0.2) is 24.3 Å². The Balaban J connectivity index is 0.00000204. The van der Waals surface area contributed by atoms with Gasteiger partial charge in [-0.25, -0.2) is 0 Å². The van der Waals surface area contributed by atoms with E-state index in [1.54, 1.807) is 18.9 Å². The van der Waals surface area contributed by atoms with Crippen LogP contribution in [0.2, 0.25) is 0 Å². The molecule has 190 valence electrons. The number of likely N-dealkylation sites (N-methyl/N-ethyl adjacent to an activating group) is 1. The van der Waals surface area contributed by atoms with Crippen molar-refractivity contribution in [3.63, 3.8) is 0 Å². The number of carbonyl (C=O) groups excluding carboxylic acids is 3. The number of para-hydroxylation sites is 1. The first-order valence-corrected chi connectivity index (χ1v) is 11.5. The second-order valence-corrected chi connectivity index (χ2v) is 8.79. The lowest BCUT2D eigenvalue weighted by atomic mass is 10.00. The van der Waals surface area contributed by atoms with Gasteiger partial charge in [0.1, 0.15) is 17.8 Å². The molecular weight excluding hydrogens is 481 g/mol. The molecule has 9 nitrogen and oxygen atoms in total. The first-order chi connectivity index (χ1) is 15.5. The summed E-state index contributed by atoms with van der Waals surface area (Å²) in [7, 11) is 1.70. The summed E-state index contributed by atoms with van der Waals surface area (Å²) in [4.78, 5) is 41.0. The van der Waals surface area contributed by atoms with E-state index in [1.165, 1.54) is 0 Å². The van der Waals surface area contributed by atoms with E-state index < -0.39 is 18.1 Å². The first kappa shape index (κ1) is 28.2. The number of hydrogen-bond acceptors (Lipinski definition) is 6. The summed E-state index contributed by atoms with van der Waals surface area (Å²) >= 11 is 0. The van der Waals surface area contributed by atoms with Crippen molar-refractivity contribution in [2.75, 3.05) is 26.7 Å². The van der Waals surface area contributed by atoms with E-state index in [1.807, 2.05) is 24.3 Å². The van der Waals surface area contributed by atoms with Gasteiger partial charge in [-0.2, -0.15) is 0 Å². The van der Waals surface area contributed by atoms with Crippen molar-refractivity contribution in [1.82, 2.24) is 26.2 Å². The predicted octanol–water partition coefficient (Wildman–Crippen LogP) is 0.916. The van der Waals surface area contributed by atoms with Gasteiger partial charge in [-0.3, -0.25) is 14.4 Å². The Morgan fingerprint density at radius 3 is 2.62 bits per heavy atom. The minimum Gasteiger partial charge on any atom is -0.493 e. The van der Waals surface area contributed by atoms with E-state index in [0.717, 1.165) is 30.7 Å². The van der Waals surface area contributed by atoms with E-state index in [2.05, 4.69) is 21.3 Å². The number of nitrogens with zero attached hydrogens (tertiary/aromatic N) is 1. The Bertz CT molecular complexity index is 874. The number of rotatable bonds is 5. The van der Waals surface area contributed by atoms with Crippen molar-refractivity contribution in [2.24, 2.45) is 0 Å². The molecule has 2 saturated heterocycles. The van der Waals surface area contributed by atoms with Crippen LogP contribution in [0.5, 0.6) is 5.75 Å². The quantitative estimate of drug-likeness (QED) is 0.463. The fraction of sp³-hybridized carbons (Fsp3) is 0.609. The summed E-state index contributed by atoms with van der Waals surface area (Å²) in [5.41, 5.74) is 0.969. The molecular formula is C23H35Cl2N5O4. The molecule has 0 aliphatic carbocycles. The third kappa shape index (κ3) is 5.94. The maximum absolute atomic E-state index is 13.5. The van der Waals surface area contributed by atoms with Crippen LogP contribution in [-0.2, 0) is 14.4 Å². The highest BCUT2D eigenvalue weighted by atomic mass is 35.5. The maximum Gasteiger partial charge on any atom is 0.247 e. The number of hydrogen-bond donors (Lipinski definition) is 4. The van der Waals surface area contributed by atoms with Crippen molar-refractivity contribution < 1.29 is 19.1 Å². The van der Waals surface area contributed by atoms with Crippen LogP contribution in [-0.4, -0.2) is 73.5 Å². The Hall–Kier alpha value is -2.07. The van der Waals surface area contributed by atoms with E-state index in [9.17, 15) is 14.4 Å². The topological polar surface area (TPSA) is 112 Å². The molecule has 0 radical (unpaired) electrons. The molecule has 0 spiro atoms. The van der Waals surface area contributed by atoms with Crippen molar-refractivity contribution in [1.29, 1.82) is 0 Å². The van der Waals surface area contributed by atoms with Crippen LogP contribution in [0.4, 0.5) is 0 Å². The lowest BCUT2D eigenvalue weighted by molar-refractivity contribution is -0.144. The normalized spacial score (nSPS) is 26.8. The zero-order chi connectivity index (χ0) is 22.7. The van der Waals surface area contributed by atoms with Crippen LogP contribution in [0.3, 0.4) is 0 Å². The number of amides is 3. The Morgan fingerprint density at radius 2 is 1.85 bits per heavy atom. The SMILES string of the molecule is CN[C@@H](C)C(=O)N[C@H]1CNCC[C@H]2CC[C@@H](C(=O)N[C@@H]3CCOc4ccccc43)N2C1=O.Cl.Cl. The van der Waals surface area contributed by atoms with Crippen LogP contribution in [0, 0.1) is 0 Å². The molecule has 3 amide bonds. The van der Waals surface area contributed by atoms with Gasteiger partial charge in [0.05, 0.1) is 18.7 Å². The zero-order valence-corrected chi connectivity index (χ0v) is 21.2. The monoisotopic (exact) mass is 515 g/mol. The summed E-state index contributed by atoms with van der Waals surface area (Å²) < 4.78 is 5.71. The van der Waals surface area contributed by atoms with E-state index in [0.29, 0.717) is 26.0 Å². The van der Waals surface area contributed by atoms with Gasteiger partial charge in [-0.15, -0.1) is 24.8 Å². The van der Waals surface area contributed by atoms with E-state index in [-0.39, 0.29) is 54.6 Å². The highest BCUT2D eigenvalue weighted by Crippen LogP contribution is 2.33. The van der Waals surface area contributed by atoms with Crippen LogP contribution >= 0.6 is 24.8 Å². The Kier molecular flexibility index (Phi) is 10.4. The molecule has 4 rings (SSSR count). The molecule has 1 aromatic carbocycles. The standard InChI is InChI=1S/C23H33N5O4.2ClH/c1-14(24-2)21(29)27-18-13-25-11-9-15-7-8-19(28(15)23(18)31)22(30)26-17-10-12-32-20-6-4-3-5-16(17)20;;/h3-6,14-15,17-19,24-25H,7-13H2,1-2H3,(H,26,30)(H,27,29);2*1H/t14-,15+,17+,18-,19-;;/m0../s1. The number of benzene rings is 1. The molecule has 34 heavy (non-hydrogen) atoms. The zero-order valence-electron chi connectivity index (χ0n) is 19.5. The third-order valence-corrected chi connectivity index (χ3v) is 6.78. The lowest BCUT2D eigenvalue weighted by Crippen LogP contribution is -2.61. The highest BCUT2D eigenvalue weighted by molar-refractivity contribution is 5.94. The molecule has 0 aromatic heterocycles. The van der Waals surface area contributed by atoms with Gasteiger partial charge in [-0.1, -0.05) is 18.2 Å². The minimum atomic E-state index is -0.696. The van der Waals surface area contributed by atoms with Gasteiger partial charge in [0.15, 0.2) is 0 Å². The summed E-state index contributed by atoms with van der Waals surface area (Å²) in [5.74, 6) is 0.237. The number of ether oxygens (including phenoxy) is 1. The molecule has 0 bridgehead atoms. The number of fused-ring (bicyclic) bond motifs is 2. The van der Waals surface area contributed by atoms with Crippen LogP contribution in [0.1, 0.15) is 44.2 Å². The highest BCUT2D eigenvalue weighted by Gasteiger charge is 2.44. The van der Waals surface area contributed by atoms with Gasteiger partial charge in [-0.05, 0) is 45.8 Å². The first-order valence-electron chi connectivity index (χ1n) is 11.5. The van der Waals surface area contributed by atoms with Crippen molar-refractivity contribution in [3.8, 4) is 5.75 Å². The summed E-state index contributed by atoms with van der Waals surface area (Å²) in [6.45, 7) is 3.38. The molecule has 3 aliphatic heterocycles. The van der Waals surface area contributed by atoms with Gasteiger partial charge in [0.25, 0.3) is 0 Å². The van der Waals surface area contributed by atoms with E-state index >= 15 is 0 Å². The van der Waals surface area contributed by atoms with Crippen LogP contribution in [0.25, 0.3) is 0 Å². The number of halogens is 2. The third-order valence-electron chi connectivity index (χ3n) is 6.78. The van der Waals surface area contributed by atoms with Gasteiger partial charge < -0.3 is 30.9 Å². The van der Waals surface area contributed by atoms with Crippen molar-refractivity contribution in [3.05, 3.63) is 29.8 Å². The smallest absolute Gasteiger partial charge is 0.247 e. The second kappa shape index (κ2) is 12.6. The summed E-state index contributed by atoms with van der Waals surface area (Å²) in [5, 5.41) is 12.2. The molecule has 5 atom stereocenters. The van der Waals surface area contributed by atoms with Crippen molar-refractivity contribution >= 4 is 42.5 Å². The molecule has 0 saturated carbocycles. The largest absolute Gasteiger partial charge is 0.493 e. The number of nitrogens with one attached hydrogen (secondary N) is 4. The van der Waals surface area contributed by atoms with Gasteiger partial charge in [0.2, 0.25) is 17.7 Å². The molecule has 4 N–H and O–H groups in total. The molecule has 2 fully saturated rings. The Labute approximate surface area is 212 Å². The van der Waals surface area contributed by atoms with Crippen LogP contribution < -0.4 is 26.0 Å². The minimum absolute atomic E-state index is 0. The van der Waals surface area contributed by atoms with Crippen molar-refractivity contribution in [2.45, 2.75) is 62.8 Å². The maximum atomic E-state index is 13.5. The summed E-state index contributed by atoms with van der Waals surface area (Å²) in [6.07, 6.45) is 2.89. The predicted molar refractivity (Wildman–Crippen MR) is 134 cm³/mol. The molecule has 1 aromatic rings. The average molecular weight is 516 g/mol. The molecule has 3 heterocycles. The second-order valence-electron chi connectivity index (χ2n) is 8.79.